The highest BCUT2D eigenvalue weighted by Crippen LogP contribution is 2.35. The van der Waals surface area contributed by atoms with Gasteiger partial charge in [0.1, 0.15) is 24.1 Å². The highest BCUT2D eigenvalue weighted by molar-refractivity contribution is 6.09. The molecule has 0 saturated carbocycles. The van der Waals surface area contributed by atoms with E-state index in [0.717, 1.165) is 28.8 Å². The molecule has 1 aliphatic rings. The predicted molar refractivity (Wildman–Crippen MR) is 95.1 cm³/mol. The largest absolute Gasteiger partial charge is 0.467 e. The van der Waals surface area contributed by atoms with Crippen LogP contribution < -0.4 is 4.74 Å². The number of hydrogen-bond donors (Lipinski definition) is 4. The lowest BCUT2D eigenvalue weighted by Gasteiger charge is -2.39. The molecule has 0 bridgehead atoms. The Labute approximate surface area is 153 Å². The standard InChI is InChI=1S/C19H19NO7/c1-25-18(24)17-15(22)14(21)16(23)19(27-17)26-13-8-12-10(6-7-20-12)9-4-2-3-5-11(9)13/h2-8,14-17,19-23H,1H3/t14-,15-,16+,17-,19+/m0/s1. The lowest BCUT2D eigenvalue weighted by molar-refractivity contribution is -0.271. The lowest BCUT2D eigenvalue weighted by Crippen LogP contribution is -2.61. The van der Waals surface area contributed by atoms with Crippen molar-refractivity contribution in [3.05, 3.63) is 42.6 Å². The number of aromatic amines is 1. The number of aromatic nitrogens is 1. The molecule has 5 atom stereocenters. The van der Waals surface area contributed by atoms with Gasteiger partial charge in [-0.25, -0.2) is 4.79 Å². The summed E-state index contributed by atoms with van der Waals surface area (Å²) >= 11 is 0. The number of rotatable bonds is 3. The first kappa shape index (κ1) is 17.7. The summed E-state index contributed by atoms with van der Waals surface area (Å²) in [6.07, 6.45) is -5.86. The van der Waals surface area contributed by atoms with Crippen LogP contribution in [0.5, 0.6) is 5.75 Å². The number of benzene rings is 2. The normalized spacial score (nSPS) is 28.4. The smallest absolute Gasteiger partial charge is 0.337 e. The molecule has 1 aliphatic heterocycles. The number of nitrogens with one attached hydrogen (secondary N) is 1. The maximum atomic E-state index is 11.8. The van der Waals surface area contributed by atoms with Crippen LogP contribution in [0.1, 0.15) is 0 Å². The van der Waals surface area contributed by atoms with E-state index in [-0.39, 0.29) is 0 Å². The Hall–Kier alpha value is -2.65. The molecule has 4 N–H and O–H groups in total. The second-order valence-electron chi connectivity index (χ2n) is 6.40. The van der Waals surface area contributed by atoms with Gasteiger partial charge in [-0.2, -0.15) is 0 Å². The zero-order valence-electron chi connectivity index (χ0n) is 14.4. The van der Waals surface area contributed by atoms with Gasteiger partial charge < -0.3 is 34.5 Å². The Morgan fingerprint density at radius 2 is 1.78 bits per heavy atom. The Kier molecular flexibility index (Phi) is 4.48. The van der Waals surface area contributed by atoms with Gasteiger partial charge in [-0.05, 0) is 11.5 Å². The van der Waals surface area contributed by atoms with Crippen LogP contribution in [0, 0.1) is 0 Å². The summed E-state index contributed by atoms with van der Waals surface area (Å²) in [6.45, 7) is 0. The highest BCUT2D eigenvalue weighted by Gasteiger charge is 2.48. The number of H-pyrrole nitrogens is 1. The van der Waals surface area contributed by atoms with Crippen molar-refractivity contribution in [3.8, 4) is 5.75 Å². The molecule has 1 aromatic heterocycles. The zero-order chi connectivity index (χ0) is 19.1. The van der Waals surface area contributed by atoms with E-state index in [9.17, 15) is 20.1 Å². The van der Waals surface area contributed by atoms with Crippen molar-refractivity contribution in [3.63, 3.8) is 0 Å². The Morgan fingerprint density at radius 1 is 1.04 bits per heavy atom. The number of ether oxygens (including phenoxy) is 3. The van der Waals surface area contributed by atoms with Crippen LogP contribution >= 0.6 is 0 Å². The van der Waals surface area contributed by atoms with Crippen LogP contribution in [0.25, 0.3) is 21.7 Å². The quantitative estimate of drug-likeness (QED) is 0.498. The number of aliphatic hydroxyl groups excluding tert-OH is 3. The molecule has 1 saturated heterocycles. The molecule has 8 heteroatoms. The van der Waals surface area contributed by atoms with Crippen LogP contribution in [-0.2, 0) is 14.3 Å². The minimum absolute atomic E-state index is 0.400. The van der Waals surface area contributed by atoms with Crippen molar-refractivity contribution in [2.24, 2.45) is 0 Å². The summed E-state index contributed by atoms with van der Waals surface area (Å²) in [6, 6.07) is 11.2. The van der Waals surface area contributed by atoms with Crippen LogP contribution in [0.3, 0.4) is 0 Å². The van der Waals surface area contributed by atoms with E-state index >= 15 is 0 Å². The second kappa shape index (κ2) is 6.82. The number of carbonyl (C=O) groups excluding carboxylic acids is 1. The molecule has 0 spiro atoms. The molecule has 0 radical (unpaired) electrons. The van der Waals surface area contributed by atoms with Gasteiger partial charge in [0, 0.05) is 28.6 Å². The topological polar surface area (TPSA) is 121 Å². The average molecular weight is 373 g/mol. The van der Waals surface area contributed by atoms with Gasteiger partial charge in [0.2, 0.25) is 6.29 Å². The van der Waals surface area contributed by atoms with E-state index in [1.54, 1.807) is 12.3 Å². The zero-order valence-corrected chi connectivity index (χ0v) is 14.4. The maximum Gasteiger partial charge on any atom is 0.337 e. The number of fused-ring (bicyclic) bond motifs is 3. The summed E-state index contributed by atoms with van der Waals surface area (Å²) in [5.41, 5.74) is 0.819. The third-order valence-corrected chi connectivity index (χ3v) is 4.78. The Bertz CT molecular complexity index is 985. The molecule has 0 amide bonds. The van der Waals surface area contributed by atoms with Crippen molar-refractivity contribution in [2.75, 3.05) is 7.11 Å². The first-order chi connectivity index (χ1) is 13.0. The number of hydrogen-bond acceptors (Lipinski definition) is 7. The Balaban J connectivity index is 1.72. The van der Waals surface area contributed by atoms with Gasteiger partial charge in [-0.1, -0.05) is 24.3 Å². The van der Waals surface area contributed by atoms with Crippen molar-refractivity contribution >= 4 is 27.6 Å². The van der Waals surface area contributed by atoms with Gasteiger partial charge in [-0.15, -0.1) is 0 Å². The molecule has 0 aliphatic carbocycles. The fraction of sp³-hybridized carbons (Fsp3) is 0.316. The third kappa shape index (κ3) is 2.92. The number of esters is 1. The predicted octanol–water partition coefficient (Wildman–Crippen LogP) is 0.680. The SMILES string of the molecule is COC(=O)[C@H]1O[C@@H](Oc2cc3[nH]ccc3c3ccccc23)[C@H](O)[C@@H](O)[C@@H]1O. The molecule has 3 aromatic rings. The first-order valence-electron chi connectivity index (χ1n) is 8.44. The maximum absolute atomic E-state index is 11.8. The third-order valence-electron chi connectivity index (χ3n) is 4.78. The molecule has 0 unspecified atom stereocenters. The molecular formula is C19H19NO7. The fourth-order valence-corrected chi connectivity index (χ4v) is 3.36. The van der Waals surface area contributed by atoms with Gasteiger partial charge >= 0.3 is 5.97 Å². The molecule has 8 nitrogen and oxygen atoms in total. The van der Waals surface area contributed by atoms with E-state index in [1.807, 2.05) is 30.3 Å². The summed E-state index contributed by atoms with van der Waals surface area (Å²) in [5, 5.41) is 33.0. The van der Waals surface area contributed by atoms with Crippen molar-refractivity contribution in [2.45, 2.75) is 30.7 Å². The van der Waals surface area contributed by atoms with Crippen molar-refractivity contribution in [1.82, 2.24) is 4.98 Å². The van der Waals surface area contributed by atoms with E-state index < -0.39 is 36.7 Å². The Morgan fingerprint density at radius 3 is 2.52 bits per heavy atom. The van der Waals surface area contributed by atoms with Crippen LogP contribution in [0.2, 0.25) is 0 Å². The second-order valence-corrected chi connectivity index (χ2v) is 6.40. The van der Waals surface area contributed by atoms with Gasteiger partial charge in [0.15, 0.2) is 6.10 Å². The molecule has 27 heavy (non-hydrogen) atoms. The summed E-state index contributed by atoms with van der Waals surface area (Å²) < 4.78 is 15.8. The summed E-state index contributed by atoms with van der Waals surface area (Å²) in [5.74, 6) is -0.469. The first-order valence-corrected chi connectivity index (χ1v) is 8.44. The number of carbonyl (C=O) groups is 1. The van der Waals surface area contributed by atoms with E-state index in [0.29, 0.717) is 5.75 Å². The molecule has 142 valence electrons. The van der Waals surface area contributed by atoms with E-state index in [2.05, 4.69) is 9.72 Å². The molecule has 2 aromatic carbocycles. The van der Waals surface area contributed by atoms with Gasteiger partial charge in [-0.3, -0.25) is 0 Å². The number of aliphatic hydroxyl groups is 3. The summed E-state index contributed by atoms with van der Waals surface area (Å²) in [7, 11) is 1.14. The van der Waals surface area contributed by atoms with Crippen LogP contribution in [-0.4, -0.2) is 64.1 Å². The van der Waals surface area contributed by atoms with Crippen molar-refractivity contribution in [1.29, 1.82) is 0 Å². The minimum Gasteiger partial charge on any atom is -0.467 e. The molecular weight excluding hydrogens is 354 g/mol. The molecule has 1 fully saturated rings. The average Bonchev–Trinajstić information content (AvgIpc) is 3.16. The van der Waals surface area contributed by atoms with Gasteiger partial charge in [0.25, 0.3) is 0 Å². The molecule has 4 rings (SSSR count). The van der Waals surface area contributed by atoms with Crippen LogP contribution in [0.15, 0.2) is 42.6 Å². The van der Waals surface area contributed by atoms with E-state index in [1.165, 1.54) is 0 Å². The summed E-state index contributed by atoms with van der Waals surface area (Å²) in [4.78, 5) is 14.9. The fourth-order valence-electron chi connectivity index (χ4n) is 3.36. The van der Waals surface area contributed by atoms with Crippen molar-refractivity contribution < 1.29 is 34.3 Å². The molecule has 2 heterocycles. The monoisotopic (exact) mass is 373 g/mol. The van der Waals surface area contributed by atoms with Crippen LogP contribution in [0.4, 0.5) is 0 Å². The lowest BCUT2D eigenvalue weighted by atomic mass is 9.99. The van der Waals surface area contributed by atoms with Gasteiger partial charge in [0.05, 0.1) is 7.11 Å². The highest BCUT2D eigenvalue weighted by atomic mass is 16.7. The minimum atomic E-state index is -1.63. The number of methoxy groups -OCH3 is 1. The van der Waals surface area contributed by atoms with E-state index in [4.69, 9.17) is 9.47 Å².